The largest absolute Gasteiger partial charge is 0.314 e. The van der Waals surface area contributed by atoms with E-state index in [-0.39, 0.29) is 0 Å². The molecule has 2 rings (SSSR count). The van der Waals surface area contributed by atoms with Gasteiger partial charge in [-0.25, -0.2) is 5.01 Å². The zero-order chi connectivity index (χ0) is 7.68. The van der Waals surface area contributed by atoms with Gasteiger partial charge in [0.1, 0.15) is 0 Å². The van der Waals surface area contributed by atoms with E-state index in [4.69, 9.17) is 5.84 Å². The summed E-state index contributed by atoms with van der Waals surface area (Å²) in [6, 6.07) is 0.795. The first-order chi connectivity index (χ1) is 5.36. The minimum absolute atomic E-state index is 0.795. The lowest BCUT2D eigenvalue weighted by molar-refractivity contribution is 0.0731. The van der Waals surface area contributed by atoms with Crippen LogP contribution in [0.25, 0.3) is 0 Å². The number of nitrogens with zero attached hydrogens (tertiary/aromatic N) is 2. The van der Waals surface area contributed by atoms with Gasteiger partial charge >= 0.3 is 0 Å². The van der Waals surface area contributed by atoms with Gasteiger partial charge in [-0.2, -0.15) is 0 Å². The van der Waals surface area contributed by atoms with Gasteiger partial charge in [0, 0.05) is 45.3 Å². The average molecular weight is 156 g/mol. The third kappa shape index (κ3) is 1.54. The normalized spacial score (nSPS) is 30.3. The van der Waals surface area contributed by atoms with Crippen LogP contribution in [-0.4, -0.2) is 55.2 Å². The van der Waals surface area contributed by atoms with Crippen molar-refractivity contribution in [3.05, 3.63) is 0 Å². The van der Waals surface area contributed by atoms with E-state index < -0.39 is 0 Å². The third-order valence-corrected chi connectivity index (χ3v) is 2.63. The number of hydrogen-bond acceptors (Lipinski definition) is 4. The summed E-state index contributed by atoms with van der Waals surface area (Å²) in [6.07, 6.45) is 0. The quantitative estimate of drug-likeness (QED) is 0.451. The Bertz CT molecular complexity index is 126. The van der Waals surface area contributed by atoms with Gasteiger partial charge in [0.15, 0.2) is 0 Å². The van der Waals surface area contributed by atoms with E-state index in [0.29, 0.717) is 0 Å². The Balaban J connectivity index is 1.77. The van der Waals surface area contributed by atoms with E-state index in [9.17, 15) is 0 Å². The molecule has 0 aromatic rings. The Morgan fingerprint density at radius 1 is 1.09 bits per heavy atom. The summed E-state index contributed by atoms with van der Waals surface area (Å²) in [6.45, 7) is 6.67. The highest BCUT2D eigenvalue weighted by Gasteiger charge is 2.26. The second-order valence-electron chi connectivity index (χ2n) is 3.38. The Labute approximate surface area is 67.3 Å². The summed E-state index contributed by atoms with van der Waals surface area (Å²) in [7, 11) is 0. The first-order valence-electron chi connectivity index (χ1n) is 4.30. The van der Waals surface area contributed by atoms with Gasteiger partial charge in [-0.15, -0.1) is 0 Å². The molecule has 0 aromatic carbocycles. The fourth-order valence-electron chi connectivity index (χ4n) is 1.63. The summed E-state index contributed by atoms with van der Waals surface area (Å²) < 4.78 is 0. The molecule has 0 bridgehead atoms. The molecule has 0 unspecified atom stereocenters. The first-order valence-corrected chi connectivity index (χ1v) is 4.30. The summed E-state index contributed by atoms with van der Waals surface area (Å²) in [4.78, 5) is 2.53. The smallest absolute Gasteiger partial charge is 0.0346 e. The van der Waals surface area contributed by atoms with Crippen molar-refractivity contribution in [3.63, 3.8) is 0 Å². The lowest BCUT2D eigenvalue weighted by atomic mass is 10.1. The SMILES string of the molecule is NN1CCN(C2CNC2)CC1. The summed E-state index contributed by atoms with van der Waals surface area (Å²) >= 11 is 0. The van der Waals surface area contributed by atoms with Crippen LogP contribution in [0.4, 0.5) is 0 Å². The topological polar surface area (TPSA) is 44.5 Å². The summed E-state index contributed by atoms with van der Waals surface area (Å²) in [5, 5.41) is 5.19. The minimum Gasteiger partial charge on any atom is -0.314 e. The van der Waals surface area contributed by atoms with Gasteiger partial charge in [0.05, 0.1) is 0 Å². The van der Waals surface area contributed by atoms with Crippen molar-refractivity contribution < 1.29 is 0 Å². The fraction of sp³-hybridized carbons (Fsp3) is 1.00. The van der Waals surface area contributed by atoms with E-state index in [1.165, 1.54) is 13.1 Å². The zero-order valence-corrected chi connectivity index (χ0v) is 6.79. The van der Waals surface area contributed by atoms with Crippen molar-refractivity contribution in [1.29, 1.82) is 0 Å². The number of piperazine rings is 1. The summed E-state index contributed by atoms with van der Waals surface area (Å²) in [5.41, 5.74) is 0. The number of hydrazine groups is 1. The van der Waals surface area contributed by atoms with E-state index in [1.807, 2.05) is 5.01 Å². The Hall–Kier alpha value is -0.160. The highest BCUT2D eigenvalue weighted by atomic mass is 15.4. The van der Waals surface area contributed by atoms with Crippen molar-refractivity contribution in [3.8, 4) is 0 Å². The van der Waals surface area contributed by atoms with E-state index in [0.717, 1.165) is 32.2 Å². The monoisotopic (exact) mass is 156 g/mol. The maximum Gasteiger partial charge on any atom is 0.0346 e. The van der Waals surface area contributed by atoms with Crippen LogP contribution >= 0.6 is 0 Å². The van der Waals surface area contributed by atoms with Crippen molar-refractivity contribution in [2.75, 3.05) is 39.3 Å². The van der Waals surface area contributed by atoms with Crippen molar-refractivity contribution in [1.82, 2.24) is 15.2 Å². The van der Waals surface area contributed by atoms with Crippen LogP contribution in [0, 0.1) is 0 Å². The maximum absolute atomic E-state index is 5.65. The molecule has 0 aliphatic carbocycles. The molecule has 0 saturated carbocycles. The molecule has 2 fully saturated rings. The molecular formula is C7H16N4. The van der Waals surface area contributed by atoms with E-state index in [2.05, 4.69) is 10.2 Å². The van der Waals surface area contributed by atoms with Crippen molar-refractivity contribution >= 4 is 0 Å². The fourth-order valence-corrected chi connectivity index (χ4v) is 1.63. The van der Waals surface area contributed by atoms with E-state index >= 15 is 0 Å². The van der Waals surface area contributed by atoms with Crippen LogP contribution in [0.2, 0.25) is 0 Å². The predicted octanol–water partition coefficient (Wildman–Crippen LogP) is -1.55. The maximum atomic E-state index is 5.65. The van der Waals surface area contributed by atoms with Gasteiger partial charge in [0.25, 0.3) is 0 Å². The number of nitrogens with one attached hydrogen (secondary N) is 1. The molecule has 2 heterocycles. The van der Waals surface area contributed by atoms with Crippen molar-refractivity contribution in [2.24, 2.45) is 5.84 Å². The second kappa shape index (κ2) is 3.06. The highest BCUT2D eigenvalue weighted by Crippen LogP contribution is 2.07. The molecule has 0 atom stereocenters. The molecule has 64 valence electrons. The average Bonchev–Trinajstić information content (AvgIpc) is 1.90. The van der Waals surface area contributed by atoms with Crippen LogP contribution in [-0.2, 0) is 0 Å². The molecule has 0 amide bonds. The lowest BCUT2D eigenvalue weighted by Gasteiger charge is -2.42. The van der Waals surface area contributed by atoms with Gasteiger partial charge < -0.3 is 5.32 Å². The first kappa shape index (κ1) is 7.49. The highest BCUT2D eigenvalue weighted by molar-refractivity contribution is 4.86. The van der Waals surface area contributed by atoms with Crippen LogP contribution in [0.15, 0.2) is 0 Å². The van der Waals surface area contributed by atoms with Crippen LogP contribution in [0.5, 0.6) is 0 Å². The predicted molar refractivity (Wildman–Crippen MR) is 44.0 cm³/mol. The molecule has 0 radical (unpaired) electrons. The lowest BCUT2D eigenvalue weighted by Crippen LogP contribution is -2.62. The molecule has 4 nitrogen and oxygen atoms in total. The van der Waals surface area contributed by atoms with Gasteiger partial charge in [0.2, 0.25) is 0 Å². The van der Waals surface area contributed by atoms with Crippen LogP contribution in [0.1, 0.15) is 0 Å². The molecule has 2 saturated heterocycles. The molecule has 0 spiro atoms. The zero-order valence-electron chi connectivity index (χ0n) is 6.79. The van der Waals surface area contributed by atoms with Gasteiger partial charge in [-0.1, -0.05) is 0 Å². The van der Waals surface area contributed by atoms with E-state index in [1.54, 1.807) is 0 Å². The Kier molecular flexibility index (Phi) is 2.09. The third-order valence-electron chi connectivity index (χ3n) is 2.63. The Morgan fingerprint density at radius 2 is 1.73 bits per heavy atom. The van der Waals surface area contributed by atoms with Gasteiger partial charge in [-0.3, -0.25) is 10.7 Å². The van der Waals surface area contributed by atoms with Crippen LogP contribution < -0.4 is 11.2 Å². The van der Waals surface area contributed by atoms with Crippen molar-refractivity contribution in [2.45, 2.75) is 6.04 Å². The number of nitrogens with two attached hydrogens (primary N) is 1. The minimum atomic E-state index is 0.795. The Morgan fingerprint density at radius 3 is 2.18 bits per heavy atom. The summed E-state index contributed by atoms with van der Waals surface area (Å²) in [5.74, 6) is 5.65. The second-order valence-corrected chi connectivity index (χ2v) is 3.38. The molecule has 3 N–H and O–H groups in total. The molecule has 4 heteroatoms. The molecule has 2 aliphatic heterocycles. The molecule has 0 aromatic heterocycles. The van der Waals surface area contributed by atoms with Gasteiger partial charge in [-0.05, 0) is 0 Å². The number of hydrogen-bond donors (Lipinski definition) is 2. The molecule has 11 heavy (non-hydrogen) atoms. The molecular weight excluding hydrogens is 140 g/mol. The molecule has 2 aliphatic rings. The number of rotatable bonds is 1. The standard InChI is InChI=1S/C7H16N4/c8-11-3-1-10(2-4-11)7-5-9-6-7/h7,9H,1-6,8H2. The van der Waals surface area contributed by atoms with Crippen LogP contribution in [0.3, 0.4) is 0 Å².